The fourth-order valence-electron chi connectivity index (χ4n) is 0.194. The van der Waals surface area contributed by atoms with Gasteiger partial charge in [0.05, 0.1) is 15.7 Å². The molecular formula is C4H4B3O2. The lowest BCUT2D eigenvalue weighted by Gasteiger charge is -2.00. The van der Waals surface area contributed by atoms with Crippen molar-refractivity contribution < 1.29 is 9.45 Å². The lowest BCUT2D eigenvalue weighted by Crippen LogP contribution is -2.11. The first kappa shape index (κ1) is 8.40. The van der Waals surface area contributed by atoms with Gasteiger partial charge in [0.2, 0.25) is 0 Å². The first-order valence-corrected chi connectivity index (χ1v) is 2.34. The highest BCUT2D eigenvalue weighted by Gasteiger charge is 2.00. The molecule has 9 heavy (non-hydrogen) atoms. The number of carbonyl (C=O) groups excluding carboxylic acids is 1. The van der Waals surface area contributed by atoms with E-state index in [-0.39, 0.29) is 0 Å². The molecule has 0 amide bonds. The summed E-state index contributed by atoms with van der Waals surface area (Å²) in [6.45, 7) is 3.16. The van der Waals surface area contributed by atoms with Crippen LogP contribution in [0.4, 0.5) is 0 Å². The molecule has 0 aliphatic carbocycles. The first-order chi connectivity index (χ1) is 4.16. The molecule has 0 aromatic rings. The Balaban J connectivity index is 3.27. The van der Waals surface area contributed by atoms with Crippen LogP contribution in [0, 0.1) is 0 Å². The zero-order valence-electron chi connectivity index (χ0n) is 4.91. The molecule has 0 saturated carbocycles. The van der Waals surface area contributed by atoms with Crippen molar-refractivity contribution in [2.45, 2.75) is 5.62 Å². The summed E-state index contributed by atoms with van der Waals surface area (Å²) in [6.07, 6.45) is 1.03. The summed E-state index contributed by atoms with van der Waals surface area (Å²) in [5.41, 5.74) is -0.728. The maximum absolute atomic E-state index is 10.2. The Hall–Kier alpha value is -0.595. The molecular weight excluding hydrogens is 112 g/mol. The lowest BCUT2D eigenvalue weighted by atomic mass is 9.54. The highest BCUT2D eigenvalue weighted by Crippen LogP contribution is 1.87. The molecule has 0 aromatic carbocycles. The van der Waals surface area contributed by atoms with Crippen molar-refractivity contribution in [2.24, 2.45) is 0 Å². The van der Waals surface area contributed by atoms with Crippen molar-refractivity contribution in [3.8, 4) is 0 Å². The minimum Gasteiger partial charge on any atom is -0.537 e. The van der Waals surface area contributed by atoms with Crippen LogP contribution in [0.2, 0.25) is 5.62 Å². The van der Waals surface area contributed by atoms with E-state index in [1.165, 1.54) is 0 Å². The quantitative estimate of drug-likeness (QED) is 0.363. The third-order valence-corrected chi connectivity index (χ3v) is 0.508. The van der Waals surface area contributed by atoms with Crippen molar-refractivity contribution in [1.82, 2.24) is 0 Å². The van der Waals surface area contributed by atoms with E-state index in [2.05, 4.69) is 11.2 Å². The molecule has 2 nitrogen and oxygen atoms in total. The van der Waals surface area contributed by atoms with Crippen LogP contribution in [0.1, 0.15) is 0 Å². The number of carbonyl (C=O) groups is 1. The smallest absolute Gasteiger partial charge is 0.359 e. The van der Waals surface area contributed by atoms with E-state index in [9.17, 15) is 4.79 Å². The van der Waals surface area contributed by atoms with Gasteiger partial charge >= 0.3 is 13.5 Å². The van der Waals surface area contributed by atoms with E-state index in [1.807, 2.05) is 0 Å². The lowest BCUT2D eigenvalue weighted by molar-refractivity contribution is -0.128. The molecule has 0 bridgehead atoms. The molecule has 0 unspecified atom stereocenters. The zero-order valence-corrected chi connectivity index (χ0v) is 4.91. The Morgan fingerprint density at radius 2 is 2.33 bits per heavy atom. The van der Waals surface area contributed by atoms with Crippen LogP contribution in [0.25, 0.3) is 0 Å². The minimum atomic E-state index is -0.728. The van der Waals surface area contributed by atoms with E-state index < -0.39 is 11.6 Å². The monoisotopic (exact) mass is 117 g/mol. The Bertz CT molecular complexity index is 112. The fraction of sp³-hybridized carbons (Fsp3) is 0.250. The van der Waals surface area contributed by atoms with Gasteiger partial charge in [0.25, 0.3) is 0 Å². The molecule has 0 spiro atoms. The van der Waals surface area contributed by atoms with Crippen LogP contribution >= 0.6 is 0 Å². The second-order valence-corrected chi connectivity index (χ2v) is 1.35. The van der Waals surface area contributed by atoms with E-state index in [1.54, 1.807) is 0 Å². The van der Waals surface area contributed by atoms with Gasteiger partial charge in [-0.05, 0) is 0 Å². The molecule has 0 aliphatic heterocycles. The van der Waals surface area contributed by atoms with Gasteiger partial charge in [-0.1, -0.05) is 12.2 Å². The minimum absolute atomic E-state index is 0.559. The summed E-state index contributed by atoms with van der Waals surface area (Å²) >= 11 is 0. The number of hydrogen-bond acceptors (Lipinski definition) is 2. The summed E-state index contributed by atoms with van der Waals surface area (Å²) in [4.78, 5) is 10.2. The van der Waals surface area contributed by atoms with Crippen LogP contribution in [-0.4, -0.2) is 29.1 Å². The van der Waals surface area contributed by atoms with E-state index in [4.69, 9.17) is 15.7 Å². The van der Waals surface area contributed by atoms with Crippen LogP contribution in [0.15, 0.2) is 12.7 Å². The summed E-state index contributed by atoms with van der Waals surface area (Å²) in [7, 11) is 11.0. The highest BCUT2D eigenvalue weighted by molar-refractivity contribution is 6.61. The summed E-state index contributed by atoms with van der Waals surface area (Å²) in [6, 6.07) is 0. The molecule has 5 radical (unpaired) electrons. The van der Waals surface area contributed by atoms with Crippen molar-refractivity contribution >= 4 is 29.1 Å². The molecule has 0 N–H and O–H groups in total. The number of hydrogen-bond donors (Lipinski definition) is 0. The van der Waals surface area contributed by atoms with Gasteiger partial charge < -0.3 is 4.65 Å². The molecule has 41 valence electrons. The van der Waals surface area contributed by atoms with Gasteiger partial charge in [-0.2, -0.15) is 0 Å². The Morgan fingerprint density at radius 1 is 1.78 bits per heavy atom. The SMILES string of the molecule is [B]C([B])[B]OC(=O)C=C. The summed E-state index contributed by atoms with van der Waals surface area (Å²) in [5.74, 6) is -0.559. The van der Waals surface area contributed by atoms with Crippen molar-refractivity contribution in [3.05, 3.63) is 12.7 Å². The third-order valence-electron chi connectivity index (χ3n) is 0.508. The van der Waals surface area contributed by atoms with Crippen molar-refractivity contribution in [1.29, 1.82) is 0 Å². The summed E-state index contributed by atoms with van der Waals surface area (Å²) in [5, 5.41) is 0. The van der Waals surface area contributed by atoms with Crippen LogP contribution < -0.4 is 0 Å². The third kappa shape index (κ3) is 5.27. The predicted molar refractivity (Wildman–Crippen MR) is 37.3 cm³/mol. The second-order valence-electron chi connectivity index (χ2n) is 1.35. The average Bonchev–Trinajstić information content (AvgIpc) is 1.83. The Labute approximate surface area is 57.7 Å². The van der Waals surface area contributed by atoms with Gasteiger partial charge in [-0.25, -0.2) is 4.79 Å². The Morgan fingerprint density at radius 3 is 2.67 bits per heavy atom. The second kappa shape index (κ2) is 4.30. The van der Waals surface area contributed by atoms with E-state index in [0.29, 0.717) is 0 Å². The summed E-state index contributed by atoms with van der Waals surface area (Å²) < 4.78 is 4.32. The van der Waals surface area contributed by atoms with Gasteiger partial charge in [-0.15, -0.1) is 0 Å². The van der Waals surface area contributed by atoms with Gasteiger partial charge in [0.15, 0.2) is 0 Å². The maximum atomic E-state index is 10.2. The van der Waals surface area contributed by atoms with Gasteiger partial charge in [-0.3, -0.25) is 0 Å². The normalized spacial score (nSPS) is 8.56. The maximum Gasteiger partial charge on any atom is 0.359 e. The molecule has 0 aliphatic rings. The average molecular weight is 117 g/mol. The fourth-order valence-corrected chi connectivity index (χ4v) is 0.194. The van der Waals surface area contributed by atoms with Crippen LogP contribution in [0.5, 0.6) is 0 Å². The van der Waals surface area contributed by atoms with Crippen LogP contribution in [0.3, 0.4) is 0 Å². The van der Waals surface area contributed by atoms with Crippen molar-refractivity contribution in [3.63, 3.8) is 0 Å². The zero-order chi connectivity index (χ0) is 7.28. The molecule has 0 rings (SSSR count). The molecule has 0 atom stereocenters. The highest BCUT2D eigenvalue weighted by atomic mass is 16.5. The Kier molecular flexibility index (Phi) is 4.02. The largest absolute Gasteiger partial charge is 0.537 e. The van der Waals surface area contributed by atoms with Gasteiger partial charge in [0.1, 0.15) is 0 Å². The number of rotatable bonds is 3. The molecule has 0 fully saturated rings. The molecule has 0 aromatic heterocycles. The van der Waals surface area contributed by atoms with Crippen molar-refractivity contribution in [2.75, 3.05) is 0 Å². The van der Waals surface area contributed by atoms with E-state index >= 15 is 0 Å². The first-order valence-electron chi connectivity index (χ1n) is 2.34. The molecule has 5 heteroatoms. The van der Waals surface area contributed by atoms with Gasteiger partial charge in [0, 0.05) is 6.08 Å². The molecule has 0 saturated heterocycles. The van der Waals surface area contributed by atoms with Crippen LogP contribution in [-0.2, 0) is 9.45 Å². The molecule has 0 heterocycles. The topological polar surface area (TPSA) is 26.3 Å². The predicted octanol–water partition coefficient (Wildman–Crippen LogP) is -0.625. The standard InChI is InChI=1S/C4H4B3O2/c1-2-3(8)9-7-4(5)6/h2,4H,1H2. The van der Waals surface area contributed by atoms with E-state index in [0.717, 1.165) is 13.6 Å².